The van der Waals surface area contributed by atoms with E-state index in [4.69, 9.17) is 15.2 Å². The predicted octanol–water partition coefficient (Wildman–Crippen LogP) is 3.54. The SMILES string of the molecule is COc1cc(-c2cc(Nc3nc(-c4ccc(O)cc4O)cs3)ccc2C(N)=O)nc(OC)n1. The standard InChI is InChI=1S/C22H19N5O5S/c1-31-19-9-16(25-21(27-19)32-2)15-7-11(3-5-13(15)20(23)30)24-22-26-17(10-33-22)14-6-4-12(28)8-18(14)29/h3-10,28-29H,1-2H3,(H2,23,30)(H,24,26). The van der Waals surface area contributed by atoms with Gasteiger partial charge in [0.1, 0.15) is 11.5 Å². The number of benzene rings is 2. The summed E-state index contributed by atoms with van der Waals surface area (Å²) in [4.78, 5) is 24.9. The monoisotopic (exact) mass is 465 g/mol. The van der Waals surface area contributed by atoms with Crippen LogP contribution in [0.4, 0.5) is 10.8 Å². The number of amides is 1. The highest BCUT2D eigenvalue weighted by molar-refractivity contribution is 7.14. The van der Waals surface area contributed by atoms with Crippen molar-refractivity contribution in [1.82, 2.24) is 15.0 Å². The molecule has 0 aliphatic heterocycles. The molecule has 168 valence electrons. The number of aromatic hydroxyl groups is 2. The molecule has 0 radical (unpaired) electrons. The lowest BCUT2D eigenvalue weighted by atomic mass is 10.0. The van der Waals surface area contributed by atoms with E-state index in [1.54, 1.807) is 35.7 Å². The van der Waals surface area contributed by atoms with Crippen LogP contribution in [0.5, 0.6) is 23.4 Å². The number of carbonyl (C=O) groups excluding carboxylic acids is 1. The number of thiazole rings is 1. The zero-order valence-corrected chi connectivity index (χ0v) is 18.4. The molecule has 0 atom stereocenters. The van der Waals surface area contributed by atoms with Crippen molar-refractivity contribution in [3.63, 3.8) is 0 Å². The van der Waals surface area contributed by atoms with Crippen LogP contribution in [0, 0.1) is 0 Å². The van der Waals surface area contributed by atoms with E-state index >= 15 is 0 Å². The molecule has 0 bridgehead atoms. The number of anilines is 2. The summed E-state index contributed by atoms with van der Waals surface area (Å²) in [5.74, 6) is -0.465. The number of rotatable bonds is 7. The Hall–Kier alpha value is -4.38. The van der Waals surface area contributed by atoms with E-state index in [9.17, 15) is 15.0 Å². The van der Waals surface area contributed by atoms with Gasteiger partial charge < -0.3 is 30.7 Å². The molecular weight excluding hydrogens is 446 g/mol. The number of hydrogen-bond acceptors (Lipinski definition) is 10. The first-order valence-corrected chi connectivity index (χ1v) is 10.4. The van der Waals surface area contributed by atoms with Gasteiger partial charge in [-0.05, 0) is 30.3 Å². The zero-order chi connectivity index (χ0) is 23.5. The van der Waals surface area contributed by atoms with Crippen LogP contribution >= 0.6 is 11.3 Å². The Bertz CT molecular complexity index is 1320. The molecule has 0 saturated carbocycles. The molecule has 5 N–H and O–H groups in total. The molecule has 0 unspecified atom stereocenters. The number of phenolic OH excluding ortho intramolecular Hbond substituents is 2. The maximum absolute atomic E-state index is 12.0. The number of nitrogens with zero attached hydrogens (tertiary/aromatic N) is 3. The second-order valence-electron chi connectivity index (χ2n) is 6.77. The summed E-state index contributed by atoms with van der Waals surface area (Å²) in [6.07, 6.45) is 0. The Balaban J connectivity index is 1.70. The number of nitrogens with two attached hydrogens (primary N) is 1. The van der Waals surface area contributed by atoms with Crippen LogP contribution in [-0.2, 0) is 0 Å². The molecule has 33 heavy (non-hydrogen) atoms. The van der Waals surface area contributed by atoms with E-state index in [-0.39, 0.29) is 29.0 Å². The molecule has 0 fully saturated rings. The van der Waals surface area contributed by atoms with Gasteiger partial charge in [-0.2, -0.15) is 9.97 Å². The van der Waals surface area contributed by atoms with Gasteiger partial charge in [0.15, 0.2) is 5.13 Å². The fraction of sp³-hybridized carbons (Fsp3) is 0.0909. The summed E-state index contributed by atoms with van der Waals surface area (Å²) < 4.78 is 10.3. The van der Waals surface area contributed by atoms with Gasteiger partial charge in [-0.3, -0.25) is 4.79 Å². The third kappa shape index (κ3) is 4.62. The number of methoxy groups -OCH3 is 2. The second kappa shape index (κ2) is 9.01. The highest BCUT2D eigenvalue weighted by Crippen LogP contribution is 2.35. The number of aromatic nitrogens is 3. The first kappa shape index (κ1) is 21.8. The van der Waals surface area contributed by atoms with Crippen molar-refractivity contribution in [3.05, 3.63) is 53.4 Å². The minimum absolute atomic E-state index is 0.0371. The molecule has 0 saturated heterocycles. The summed E-state index contributed by atoms with van der Waals surface area (Å²) in [6, 6.07) is 10.9. The van der Waals surface area contributed by atoms with Crippen LogP contribution in [0.3, 0.4) is 0 Å². The minimum atomic E-state index is -0.618. The minimum Gasteiger partial charge on any atom is -0.508 e. The van der Waals surface area contributed by atoms with Gasteiger partial charge in [0.25, 0.3) is 0 Å². The van der Waals surface area contributed by atoms with Crippen molar-refractivity contribution in [3.8, 4) is 45.9 Å². The molecule has 2 heterocycles. The third-order valence-electron chi connectivity index (χ3n) is 4.65. The Morgan fingerprint density at radius 1 is 0.970 bits per heavy atom. The molecule has 2 aromatic carbocycles. The Labute approximate surface area is 192 Å². The lowest BCUT2D eigenvalue weighted by Gasteiger charge is -2.11. The number of hydrogen-bond donors (Lipinski definition) is 4. The van der Waals surface area contributed by atoms with Gasteiger partial charge in [-0.1, -0.05) is 0 Å². The van der Waals surface area contributed by atoms with Crippen LogP contribution in [0.25, 0.3) is 22.5 Å². The van der Waals surface area contributed by atoms with Crippen LogP contribution in [-0.4, -0.2) is 45.3 Å². The molecule has 11 heteroatoms. The largest absolute Gasteiger partial charge is 0.508 e. The molecule has 2 aromatic heterocycles. The summed E-state index contributed by atoms with van der Waals surface area (Å²) in [5, 5.41) is 25.1. The van der Waals surface area contributed by atoms with Crippen LogP contribution < -0.4 is 20.5 Å². The van der Waals surface area contributed by atoms with E-state index in [0.29, 0.717) is 33.3 Å². The second-order valence-corrected chi connectivity index (χ2v) is 7.63. The molecule has 4 aromatic rings. The summed E-state index contributed by atoms with van der Waals surface area (Å²) in [6.45, 7) is 0. The number of phenols is 2. The van der Waals surface area contributed by atoms with Crippen molar-refractivity contribution >= 4 is 28.1 Å². The average Bonchev–Trinajstić information content (AvgIpc) is 3.26. The van der Waals surface area contributed by atoms with Gasteiger partial charge in [0, 0.05) is 39.9 Å². The number of primary amides is 1. The van der Waals surface area contributed by atoms with Gasteiger partial charge >= 0.3 is 6.01 Å². The van der Waals surface area contributed by atoms with Gasteiger partial charge in [-0.15, -0.1) is 11.3 Å². The molecule has 1 amide bonds. The van der Waals surface area contributed by atoms with Crippen LogP contribution in [0.15, 0.2) is 47.8 Å². The Morgan fingerprint density at radius 3 is 2.48 bits per heavy atom. The smallest absolute Gasteiger partial charge is 0.320 e. The van der Waals surface area contributed by atoms with Crippen molar-refractivity contribution in [2.75, 3.05) is 19.5 Å². The van der Waals surface area contributed by atoms with Crippen molar-refractivity contribution in [1.29, 1.82) is 0 Å². The van der Waals surface area contributed by atoms with Gasteiger partial charge in [0.05, 0.1) is 25.6 Å². The first-order chi connectivity index (χ1) is 15.9. The average molecular weight is 465 g/mol. The Morgan fingerprint density at radius 2 is 1.79 bits per heavy atom. The number of ether oxygens (including phenoxy) is 2. The summed E-state index contributed by atoms with van der Waals surface area (Å²) >= 11 is 1.32. The van der Waals surface area contributed by atoms with E-state index in [0.717, 1.165) is 0 Å². The van der Waals surface area contributed by atoms with Crippen LogP contribution in [0.2, 0.25) is 0 Å². The van der Waals surface area contributed by atoms with Crippen molar-refractivity contribution < 1.29 is 24.5 Å². The molecular formula is C22H19N5O5S. The van der Waals surface area contributed by atoms with Gasteiger partial charge in [-0.25, -0.2) is 4.98 Å². The lowest BCUT2D eigenvalue weighted by molar-refractivity contribution is 0.100. The van der Waals surface area contributed by atoms with Crippen molar-refractivity contribution in [2.45, 2.75) is 0 Å². The van der Waals surface area contributed by atoms with Crippen molar-refractivity contribution in [2.24, 2.45) is 5.73 Å². The summed E-state index contributed by atoms with van der Waals surface area (Å²) in [5.41, 5.74) is 8.34. The maximum atomic E-state index is 12.0. The predicted molar refractivity (Wildman–Crippen MR) is 123 cm³/mol. The van der Waals surface area contributed by atoms with Gasteiger partial charge in [0.2, 0.25) is 11.8 Å². The maximum Gasteiger partial charge on any atom is 0.320 e. The van der Waals surface area contributed by atoms with E-state index in [1.165, 1.54) is 37.7 Å². The highest BCUT2D eigenvalue weighted by Gasteiger charge is 2.16. The molecule has 10 nitrogen and oxygen atoms in total. The molecule has 0 aliphatic rings. The summed E-state index contributed by atoms with van der Waals surface area (Å²) in [7, 11) is 2.89. The van der Waals surface area contributed by atoms with E-state index in [2.05, 4.69) is 20.3 Å². The third-order valence-corrected chi connectivity index (χ3v) is 5.41. The lowest BCUT2D eigenvalue weighted by Crippen LogP contribution is -2.13. The van der Waals surface area contributed by atoms with Crippen LogP contribution in [0.1, 0.15) is 10.4 Å². The van der Waals surface area contributed by atoms with E-state index < -0.39 is 5.91 Å². The highest BCUT2D eigenvalue weighted by atomic mass is 32.1. The fourth-order valence-corrected chi connectivity index (χ4v) is 3.83. The molecule has 0 aliphatic carbocycles. The quantitative estimate of drug-likeness (QED) is 0.321. The number of nitrogens with one attached hydrogen (secondary N) is 1. The fourth-order valence-electron chi connectivity index (χ4n) is 3.10. The first-order valence-electron chi connectivity index (χ1n) is 9.54. The zero-order valence-electron chi connectivity index (χ0n) is 17.6. The normalized spacial score (nSPS) is 10.6. The Kier molecular flexibility index (Phi) is 5.96. The molecule has 4 rings (SSSR count). The molecule has 0 spiro atoms. The topological polar surface area (TPSA) is 153 Å². The number of carbonyl (C=O) groups is 1. The van der Waals surface area contributed by atoms with E-state index in [1.807, 2.05) is 0 Å².